The lowest BCUT2D eigenvalue weighted by molar-refractivity contribution is -0.374. The summed E-state index contributed by atoms with van der Waals surface area (Å²) in [5.74, 6) is -11.0. The zero-order chi connectivity index (χ0) is 77.6. The Morgan fingerprint density at radius 2 is 0.706 bits per heavy atom. The van der Waals surface area contributed by atoms with Gasteiger partial charge in [-0.25, -0.2) is 35.3 Å². The van der Waals surface area contributed by atoms with E-state index in [1.165, 1.54) is 4.72 Å². The number of hydrogen-bond donors (Lipinski definition) is 23. The van der Waals surface area contributed by atoms with Crippen LogP contribution in [0.3, 0.4) is 0 Å². The van der Waals surface area contributed by atoms with Gasteiger partial charge in [0.2, 0.25) is 12.0 Å². The van der Waals surface area contributed by atoms with E-state index in [4.69, 9.17) is 52.1 Å². The third-order valence-electron chi connectivity index (χ3n) is 14.0. The Hall–Kier alpha value is -4.01. The number of hydrogen-bond acceptors (Lipinski definition) is 44. The summed E-state index contributed by atoms with van der Waals surface area (Å²) in [7, 11) is -47.6. The van der Waals surface area contributed by atoms with E-state index in [1.807, 2.05) is 0 Å². The van der Waals surface area contributed by atoms with E-state index >= 15 is 0 Å². The van der Waals surface area contributed by atoms with Crippen molar-refractivity contribution < 1.29 is 252 Å². The van der Waals surface area contributed by atoms with Crippen molar-refractivity contribution in [2.75, 3.05) is 19.8 Å². The summed E-state index contributed by atoms with van der Waals surface area (Å²) in [5, 5.41) is 130. The first-order chi connectivity index (χ1) is 46.3. The van der Waals surface area contributed by atoms with Crippen molar-refractivity contribution in [3.8, 4) is 0 Å². The van der Waals surface area contributed by atoms with Crippen LogP contribution in [-0.2, 0) is 170 Å². The molecule has 0 aliphatic carbocycles. The first kappa shape index (κ1) is 86.9. The van der Waals surface area contributed by atoms with Crippen LogP contribution >= 0.6 is 0 Å². The van der Waals surface area contributed by atoms with E-state index in [0.29, 0.717) is 0 Å². The predicted molar refractivity (Wildman–Crippen MR) is 290 cm³/mol. The molecule has 0 aromatic rings. The van der Waals surface area contributed by atoms with Crippen molar-refractivity contribution in [3.05, 3.63) is 11.5 Å². The lowest BCUT2D eigenvalue weighted by atomic mass is 9.94. The molecule has 5 fully saturated rings. The monoisotopic (exact) mass is 1670 g/mol. The highest BCUT2D eigenvalue weighted by Gasteiger charge is 2.62. The number of carboxylic acid groups (broad SMARTS) is 3. The maximum atomic E-state index is 13.1. The number of carboxylic acids is 3. The number of aliphatic hydroxyl groups is 9. The minimum atomic E-state index is -6.32. The fraction of sp³-hybridized carbons (Fsp3) is 0.861. The van der Waals surface area contributed by atoms with Crippen LogP contribution < -0.4 is 14.2 Å². The molecule has 0 saturated carbocycles. The van der Waals surface area contributed by atoms with Crippen LogP contribution in [0.4, 0.5) is 0 Å². The standard InChI is InChI=1S/C36H57N3O55S8/c40-1-4-17(10(41)7(31(54)81-4)37-95(55,56)57)84-35-24(93-101(73,74)75)15(46)20(26(90-35)29(50)51)87-33-9(39-97(61,62)63)12(43)19(6(83-33)3-80-99(67,68)69)86-36-25(94-102(76,77)78)16(47)21(27(91-36)30(52)53)88-32-8(38-96(58,59)60)11(42)18(5(82-32)2-79-98(64,65)66)85-34-23(92-100(70,71)72)14(45)13(44)22(89-34)28(48)49/h4-12,14-21,23-27,31-47,54H,1-3H2,(H,48,49)(H,50,51)(H,52,53)(H,55,56,57)(H,58,59,60)(H,61,62,63)(H,64,65,66)(H,67,68,69)(H,70,71,72)(H,73,74,75)(H,76,77,78)/t4-,5-,6-,7-,8-,9-,10-,11-,12-,14+,15+,16+,17-,18-,19-,20+,21+,23-,24-,25-,26-,27-,31+,32-,33-,34-,35-,36-/m1/s1. The molecule has 0 radical (unpaired) electrons. The quantitative estimate of drug-likeness (QED) is 0.0278. The number of aliphatic carboxylic acids is 3. The highest BCUT2D eigenvalue weighted by Crippen LogP contribution is 2.40. The van der Waals surface area contributed by atoms with Crippen LogP contribution in [0.2, 0.25) is 0 Å². The van der Waals surface area contributed by atoms with Crippen LogP contribution in [0.5, 0.6) is 0 Å². The predicted octanol–water partition coefficient (Wildman–Crippen LogP) is -15.4. The second-order valence-corrected chi connectivity index (χ2v) is 29.9. The van der Waals surface area contributed by atoms with Crippen molar-refractivity contribution >= 4 is 101 Å². The Labute approximate surface area is 568 Å². The van der Waals surface area contributed by atoms with Gasteiger partial charge in [-0.05, 0) is 0 Å². The normalized spacial score (nSPS) is 38.8. The van der Waals surface area contributed by atoms with Gasteiger partial charge in [-0.3, -0.25) is 36.4 Å². The van der Waals surface area contributed by atoms with E-state index in [9.17, 15) is 179 Å². The molecule has 6 aliphatic rings. The lowest BCUT2D eigenvalue weighted by Crippen LogP contribution is -2.71. The number of ether oxygens (including phenoxy) is 11. The van der Waals surface area contributed by atoms with Gasteiger partial charge in [-0.2, -0.15) is 81.5 Å². The summed E-state index contributed by atoms with van der Waals surface area (Å²) in [6.07, 6.45) is -75.2. The fourth-order valence-electron chi connectivity index (χ4n) is 10.1. The number of carbonyl (C=O) groups is 3. The Bertz CT molecular complexity index is 3990. The molecule has 594 valence electrons. The molecule has 0 bridgehead atoms. The van der Waals surface area contributed by atoms with Crippen molar-refractivity contribution in [3.63, 3.8) is 0 Å². The molecule has 0 amide bonds. The minimum Gasteiger partial charge on any atom is -0.506 e. The number of nitrogens with one attached hydrogen (secondary N) is 3. The molecular weight excluding hydrogens is 1610 g/mol. The topological polar surface area (TPSA) is 913 Å². The Kier molecular flexibility index (Phi) is 28.0. The Balaban J connectivity index is 1.40. The van der Waals surface area contributed by atoms with Crippen molar-refractivity contribution in [1.82, 2.24) is 14.2 Å². The van der Waals surface area contributed by atoms with Crippen molar-refractivity contribution in [2.24, 2.45) is 0 Å². The number of rotatable bonds is 32. The molecular formula is C36H57N3O55S8. The molecule has 6 rings (SSSR count). The van der Waals surface area contributed by atoms with E-state index in [2.05, 4.69) is 20.9 Å². The lowest BCUT2D eigenvalue weighted by Gasteiger charge is -2.50. The average molecular weight is 1670 g/mol. The molecule has 6 aliphatic heterocycles. The zero-order valence-electron chi connectivity index (χ0n) is 48.8. The van der Waals surface area contributed by atoms with Gasteiger partial charge in [0.25, 0.3) is 0 Å². The molecule has 6 heterocycles. The van der Waals surface area contributed by atoms with Gasteiger partial charge in [-0.1, -0.05) is 0 Å². The molecule has 0 unspecified atom stereocenters. The van der Waals surface area contributed by atoms with Crippen LogP contribution in [0.1, 0.15) is 0 Å². The van der Waals surface area contributed by atoms with Gasteiger partial charge in [-0.15, -0.1) is 0 Å². The van der Waals surface area contributed by atoms with E-state index < -0.39 is 304 Å². The summed E-state index contributed by atoms with van der Waals surface area (Å²) in [5.41, 5.74) is 0. The molecule has 5 saturated heterocycles. The highest BCUT2D eigenvalue weighted by molar-refractivity contribution is 7.84. The van der Waals surface area contributed by atoms with Gasteiger partial charge >= 0.3 is 101 Å². The fourth-order valence-corrected chi connectivity index (χ4v) is 14.0. The van der Waals surface area contributed by atoms with Gasteiger partial charge in [0.15, 0.2) is 67.7 Å². The molecule has 0 spiro atoms. The number of aliphatic hydroxyl groups excluding tert-OH is 9. The average Bonchev–Trinajstić information content (AvgIpc) is 0.763. The van der Waals surface area contributed by atoms with Gasteiger partial charge in [0.05, 0.1) is 19.8 Å². The third-order valence-corrected chi connectivity index (χ3v) is 18.0. The maximum absolute atomic E-state index is 13.1. The Morgan fingerprint density at radius 3 is 1.03 bits per heavy atom. The van der Waals surface area contributed by atoms with Gasteiger partial charge in [0, 0.05) is 0 Å². The van der Waals surface area contributed by atoms with Crippen LogP contribution in [-0.4, -0.2) is 375 Å². The largest absolute Gasteiger partial charge is 0.506 e. The molecule has 66 heteroatoms. The van der Waals surface area contributed by atoms with Gasteiger partial charge in [0.1, 0.15) is 104 Å². The highest BCUT2D eigenvalue weighted by atomic mass is 32.3. The SMILES string of the molecule is O=C(O)C1=C(O)[C@H](O)[C@@H](OS(=O)(=O)O)[C@H](O[C@H]2[C@H](O)[C@@H](NS(=O)(=O)O)[C@@H](O[C@H]3[C@H](O)[C@@H](OS(=O)(=O)O)[C@H](O[C@H]4[C@H](O)[C@@H](NS(=O)(=O)O)[C@@H](O[C@H]5[C@H](O)[C@@H](OS(=O)(=O)O)[C@H](O[C@H]6[C@H](O)[C@@H](NS(=O)(=O)O)[C@@H](O)O[C@@H]6CO)O[C@H]5C(=O)O)O[C@@H]4COS(=O)(=O)O)O[C@H]3C(=O)O)O[C@@H]2COS(=O)(=O)O)O1. The summed E-state index contributed by atoms with van der Waals surface area (Å²) >= 11 is 0. The molecule has 0 aromatic carbocycles. The van der Waals surface area contributed by atoms with Crippen molar-refractivity contribution in [1.29, 1.82) is 0 Å². The maximum Gasteiger partial charge on any atom is 0.397 e. The minimum absolute atomic E-state index is 1.14. The van der Waals surface area contributed by atoms with Crippen molar-refractivity contribution in [2.45, 2.75) is 172 Å². The Morgan fingerprint density at radius 1 is 0.382 bits per heavy atom. The van der Waals surface area contributed by atoms with E-state index in [-0.39, 0.29) is 0 Å². The molecule has 23 N–H and O–H groups in total. The molecule has 58 nitrogen and oxygen atoms in total. The van der Waals surface area contributed by atoms with E-state index in [0.717, 1.165) is 9.44 Å². The second-order valence-electron chi connectivity index (χ2n) is 21.0. The summed E-state index contributed by atoms with van der Waals surface area (Å²) in [6.45, 7) is -5.27. The van der Waals surface area contributed by atoms with Crippen LogP contribution in [0, 0.1) is 0 Å². The summed E-state index contributed by atoms with van der Waals surface area (Å²) in [6, 6.07) is -8.58. The molecule has 102 heavy (non-hydrogen) atoms. The van der Waals surface area contributed by atoms with Gasteiger partial charge < -0.3 is 113 Å². The molecule has 28 atom stereocenters. The second kappa shape index (κ2) is 32.8. The van der Waals surface area contributed by atoms with Crippen LogP contribution in [0.15, 0.2) is 11.5 Å². The first-order valence-electron chi connectivity index (χ1n) is 26.4. The molecule has 0 aromatic heterocycles. The van der Waals surface area contributed by atoms with Crippen LogP contribution in [0.25, 0.3) is 0 Å². The summed E-state index contributed by atoms with van der Waals surface area (Å²) in [4.78, 5) is 38.0. The first-order valence-corrected chi connectivity index (χ1v) is 37.6. The third kappa shape index (κ3) is 23.5. The smallest absolute Gasteiger partial charge is 0.397 e. The van der Waals surface area contributed by atoms with E-state index in [1.54, 1.807) is 0 Å². The summed E-state index contributed by atoms with van der Waals surface area (Å²) < 4.78 is 354. The zero-order valence-corrected chi connectivity index (χ0v) is 55.3.